The van der Waals surface area contributed by atoms with Crippen molar-refractivity contribution in [2.24, 2.45) is 0 Å². The summed E-state index contributed by atoms with van der Waals surface area (Å²) in [6.45, 7) is 0. The van der Waals surface area contributed by atoms with Crippen LogP contribution in [0.15, 0.2) is 17.0 Å². The summed E-state index contributed by atoms with van der Waals surface area (Å²) in [6.07, 6.45) is -8.08. The molecule has 31 heteroatoms. The third-order valence-electron chi connectivity index (χ3n) is 5.34. The van der Waals surface area contributed by atoms with Crippen LogP contribution < -0.4 is 18.9 Å². The van der Waals surface area contributed by atoms with Crippen LogP contribution in [-0.2, 0) is 25.9 Å². The molecule has 0 saturated heterocycles. The van der Waals surface area contributed by atoms with Crippen molar-refractivity contribution >= 4 is 20.0 Å². The van der Waals surface area contributed by atoms with E-state index in [1.54, 1.807) is 0 Å². The minimum Gasteiger partial charge on any atom is -0.743 e. The van der Waals surface area contributed by atoms with Gasteiger partial charge in [-0.3, -0.25) is 0 Å². The number of alkyl halides is 21. The molecule has 0 unspecified atom stereocenters. The van der Waals surface area contributed by atoms with Crippen molar-refractivity contribution in [2.75, 3.05) is 0 Å². The molecule has 270 valence electrons. The summed E-state index contributed by atoms with van der Waals surface area (Å²) in [4.78, 5) is -3.79. The van der Waals surface area contributed by atoms with Gasteiger partial charge in [0.2, 0.25) is 0 Å². The topological polar surface area (TPSA) is 91.3 Å². The van der Waals surface area contributed by atoms with Gasteiger partial charge in [0.1, 0.15) is 16.5 Å². The largest absolute Gasteiger partial charge is 1.00 e. The Bertz CT molecular complexity index is 1560. The second kappa shape index (κ2) is 11.6. The number of hydrogen-bond donors (Lipinski definition) is 0. The molecule has 1 aromatic carbocycles. The average molecular weight is 782 g/mol. The average Bonchev–Trinajstić information content (AvgIpc) is 2.80. The van der Waals surface area contributed by atoms with Gasteiger partial charge in [-0.1, -0.05) is 0 Å². The summed E-state index contributed by atoms with van der Waals surface area (Å²) in [5.74, 6) is -68.9. The SMILES string of the molecule is O=S(=O)([O-])C(F)(F)C(F)(F)S(=O)(=O)c1c(F)cc(C(F)(F)C(F)(F)C(F)(F)C(F)(F)C(F)(F)C(F)(F)C(F)(F)C(F)(F)F)cc1F.[Li+]. The number of rotatable bonds is 11. The quantitative estimate of drug-likeness (QED) is 0.193. The van der Waals surface area contributed by atoms with Crippen LogP contribution in [0.5, 0.6) is 0 Å². The van der Waals surface area contributed by atoms with Gasteiger partial charge in [-0.15, -0.1) is 0 Å². The minimum absolute atomic E-state index is 0. The van der Waals surface area contributed by atoms with E-state index >= 15 is 0 Å². The van der Waals surface area contributed by atoms with Crippen LogP contribution in [0.2, 0.25) is 0 Å². The van der Waals surface area contributed by atoms with E-state index in [1.165, 1.54) is 0 Å². The molecular formula is C16H2F23LiO5S2. The molecule has 0 heterocycles. The fourth-order valence-corrected chi connectivity index (χ4v) is 4.90. The standard InChI is InChI=1S/C16H3F23O5S2.Li/c17-4-1-3(2-5(18)6(4)45(40,41)15(36,37)16(38,39)46(42,43)44)7(19,20)8(21,22)9(23,24)10(25,26)11(27,28)12(29,30)13(31,32)14(33,34)35;/h1-2H,(H,42,43,44);/q;+1/p-1. The Morgan fingerprint density at radius 2 is 0.745 bits per heavy atom. The molecular weight excluding hydrogens is 780 g/mol. The Balaban J connectivity index is 0.0000212. The summed E-state index contributed by atoms with van der Waals surface area (Å²) in [7, 11) is -16.0. The van der Waals surface area contributed by atoms with Crippen LogP contribution in [0.25, 0.3) is 0 Å². The molecule has 0 aliphatic carbocycles. The summed E-state index contributed by atoms with van der Waals surface area (Å²) in [5, 5.41) is -14.9. The summed E-state index contributed by atoms with van der Waals surface area (Å²) in [6, 6.07) is -3.88. The molecule has 0 N–H and O–H groups in total. The first-order valence-corrected chi connectivity index (χ1v) is 12.6. The van der Waals surface area contributed by atoms with Gasteiger partial charge in [0.25, 0.3) is 9.84 Å². The Morgan fingerprint density at radius 1 is 0.468 bits per heavy atom. The van der Waals surface area contributed by atoms with E-state index in [2.05, 4.69) is 0 Å². The normalized spacial score (nSPS) is 15.8. The molecule has 1 rings (SSSR count). The zero-order valence-electron chi connectivity index (χ0n) is 20.7. The first-order chi connectivity index (χ1) is 19.5. The molecule has 0 bridgehead atoms. The molecule has 47 heavy (non-hydrogen) atoms. The molecule has 0 amide bonds. The van der Waals surface area contributed by atoms with E-state index in [-0.39, 0.29) is 18.9 Å². The fourth-order valence-electron chi connectivity index (χ4n) is 2.77. The van der Waals surface area contributed by atoms with Gasteiger partial charge < -0.3 is 4.55 Å². The van der Waals surface area contributed by atoms with E-state index in [1.807, 2.05) is 0 Å². The van der Waals surface area contributed by atoms with Crippen LogP contribution in [0.3, 0.4) is 0 Å². The van der Waals surface area contributed by atoms with E-state index in [9.17, 15) is 122 Å². The number of benzene rings is 1. The van der Waals surface area contributed by atoms with Crippen LogP contribution >= 0.6 is 0 Å². The van der Waals surface area contributed by atoms with Gasteiger partial charge in [0.05, 0.1) is 0 Å². The van der Waals surface area contributed by atoms with Crippen molar-refractivity contribution in [3.63, 3.8) is 0 Å². The molecule has 0 radical (unpaired) electrons. The maximum Gasteiger partial charge on any atom is 1.00 e. The van der Waals surface area contributed by atoms with Crippen LogP contribution in [0.4, 0.5) is 101 Å². The van der Waals surface area contributed by atoms with E-state index in [0.29, 0.717) is 0 Å². The summed E-state index contributed by atoms with van der Waals surface area (Å²) in [5.41, 5.74) is -3.82. The maximum atomic E-state index is 14.2. The molecule has 5 nitrogen and oxygen atoms in total. The van der Waals surface area contributed by atoms with Crippen LogP contribution in [-0.4, -0.2) is 73.6 Å². The Kier molecular flexibility index (Phi) is 11.1. The molecule has 0 aliphatic rings. The van der Waals surface area contributed by atoms with Gasteiger partial charge in [-0.25, -0.2) is 25.6 Å². The molecule has 0 aromatic heterocycles. The number of hydrogen-bond acceptors (Lipinski definition) is 5. The maximum absolute atomic E-state index is 14.2. The van der Waals surface area contributed by atoms with Crippen molar-refractivity contribution in [3.8, 4) is 0 Å². The summed E-state index contributed by atoms with van der Waals surface area (Å²) >= 11 is 0. The zero-order chi connectivity index (χ0) is 37.7. The van der Waals surface area contributed by atoms with Gasteiger partial charge in [0, 0.05) is 5.56 Å². The van der Waals surface area contributed by atoms with Crippen molar-refractivity contribution in [3.05, 3.63) is 29.3 Å². The van der Waals surface area contributed by atoms with Crippen LogP contribution in [0.1, 0.15) is 5.56 Å². The fraction of sp³-hybridized carbons (Fsp3) is 0.625. The molecule has 0 spiro atoms. The molecule has 0 atom stereocenters. The first kappa shape index (κ1) is 45.1. The predicted octanol–water partition coefficient (Wildman–Crippen LogP) is 3.94. The van der Waals surface area contributed by atoms with Gasteiger partial charge >= 0.3 is 77.0 Å². The second-order valence-electron chi connectivity index (χ2n) is 8.28. The monoisotopic (exact) mass is 782 g/mol. The van der Waals surface area contributed by atoms with Gasteiger partial charge in [-0.2, -0.15) is 92.2 Å². The first-order valence-electron chi connectivity index (χ1n) is 9.70. The molecule has 0 saturated carbocycles. The second-order valence-corrected chi connectivity index (χ2v) is 11.6. The summed E-state index contributed by atoms with van der Waals surface area (Å²) < 4.78 is 363. The minimum atomic E-state index is -9.16. The molecule has 0 fully saturated rings. The van der Waals surface area contributed by atoms with Crippen molar-refractivity contribution < 1.29 is 141 Å². The Labute approximate surface area is 253 Å². The van der Waals surface area contributed by atoms with Gasteiger partial charge in [0.15, 0.2) is 10.1 Å². The van der Waals surface area contributed by atoms with Crippen LogP contribution in [0, 0.1) is 11.6 Å². The van der Waals surface area contributed by atoms with Crippen molar-refractivity contribution in [1.82, 2.24) is 0 Å². The number of sulfone groups is 1. The van der Waals surface area contributed by atoms with Crippen molar-refractivity contribution in [2.45, 2.75) is 63.0 Å². The zero-order valence-corrected chi connectivity index (χ0v) is 22.3. The van der Waals surface area contributed by atoms with Crippen molar-refractivity contribution in [1.29, 1.82) is 0 Å². The van der Waals surface area contributed by atoms with Gasteiger partial charge in [-0.05, 0) is 12.1 Å². The Morgan fingerprint density at radius 3 is 1.02 bits per heavy atom. The molecule has 0 aliphatic heterocycles. The predicted molar refractivity (Wildman–Crippen MR) is 92.8 cm³/mol. The smallest absolute Gasteiger partial charge is 0.743 e. The van der Waals surface area contributed by atoms with E-state index in [4.69, 9.17) is 0 Å². The van der Waals surface area contributed by atoms with E-state index < -0.39 is 112 Å². The molecule has 1 aromatic rings. The third kappa shape index (κ3) is 5.79. The number of halogens is 23. The Hall–Kier alpha value is -1.93. The third-order valence-corrected chi connectivity index (χ3v) is 8.21. The van der Waals surface area contributed by atoms with E-state index in [0.717, 1.165) is 0 Å².